The summed E-state index contributed by atoms with van der Waals surface area (Å²) in [6.45, 7) is 4.28. The number of thioether (sulfide) groups is 1. The van der Waals surface area contributed by atoms with Crippen molar-refractivity contribution in [2.75, 3.05) is 29.7 Å². The second-order valence-electron chi connectivity index (χ2n) is 3.98. The van der Waals surface area contributed by atoms with Gasteiger partial charge >= 0.3 is 0 Å². The highest BCUT2D eigenvalue weighted by Crippen LogP contribution is 2.25. The van der Waals surface area contributed by atoms with E-state index in [0.717, 1.165) is 17.1 Å². The smallest absolute Gasteiger partial charge is 0.0600 e. The average molecular weight is 224 g/mol. The molecule has 0 bridgehead atoms. The Morgan fingerprint density at radius 3 is 2.67 bits per heavy atom. The molecule has 1 rings (SSSR count). The summed E-state index contributed by atoms with van der Waals surface area (Å²) in [6.07, 6.45) is 2.13. The molecule has 1 aromatic carbocycles. The molecule has 15 heavy (non-hydrogen) atoms. The molecule has 0 aliphatic heterocycles. The lowest BCUT2D eigenvalue weighted by Crippen LogP contribution is -2.31. The highest BCUT2D eigenvalue weighted by Gasteiger charge is 2.11. The summed E-state index contributed by atoms with van der Waals surface area (Å²) in [6, 6.07) is 6.73. The van der Waals surface area contributed by atoms with E-state index in [2.05, 4.69) is 44.2 Å². The predicted molar refractivity (Wildman–Crippen MR) is 71.8 cm³/mol. The van der Waals surface area contributed by atoms with Crippen LogP contribution in [0.3, 0.4) is 0 Å². The number of anilines is 2. The van der Waals surface area contributed by atoms with Crippen molar-refractivity contribution < 1.29 is 0 Å². The molecule has 1 atom stereocenters. The Labute approximate surface area is 96.8 Å². The number of nitrogens with zero attached hydrogens (tertiary/aromatic N) is 1. The SMILES string of the molecule is CSCC(C)N(C)c1ccc(C)cc1N. The van der Waals surface area contributed by atoms with Gasteiger partial charge in [-0.2, -0.15) is 11.8 Å². The third kappa shape index (κ3) is 3.06. The summed E-state index contributed by atoms with van der Waals surface area (Å²) < 4.78 is 0. The quantitative estimate of drug-likeness (QED) is 0.797. The zero-order valence-corrected chi connectivity index (χ0v) is 10.8. The van der Waals surface area contributed by atoms with Crippen LogP contribution < -0.4 is 10.6 Å². The normalized spacial score (nSPS) is 12.5. The fourth-order valence-electron chi connectivity index (χ4n) is 1.59. The molecule has 0 fully saturated rings. The molecule has 0 heterocycles. The average Bonchev–Trinajstić information content (AvgIpc) is 2.17. The van der Waals surface area contributed by atoms with Crippen LogP contribution in [-0.4, -0.2) is 25.1 Å². The zero-order chi connectivity index (χ0) is 11.4. The van der Waals surface area contributed by atoms with E-state index in [1.807, 2.05) is 17.8 Å². The molecule has 0 aliphatic carbocycles. The first-order chi connectivity index (χ1) is 7.06. The van der Waals surface area contributed by atoms with Gasteiger partial charge in [0.2, 0.25) is 0 Å². The lowest BCUT2D eigenvalue weighted by Gasteiger charge is -2.27. The van der Waals surface area contributed by atoms with Gasteiger partial charge in [-0.15, -0.1) is 0 Å². The molecule has 0 amide bonds. The van der Waals surface area contributed by atoms with E-state index >= 15 is 0 Å². The van der Waals surface area contributed by atoms with Gasteiger partial charge in [0, 0.05) is 18.8 Å². The van der Waals surface area contributed by atoms with E-state index in [0.29, 0.717) is 6.04 Å². The van der Waals surface area contributed by atoms with Crippen molar-refractivity contribution in [1.82, 2.24) is 0 Å². The van der Waals surface area contributed by atoms with E-state index in [1.54, 1.807) is 0 Å². The zero-order valence-electron chi connectivity index (χ0n) is 9.95. The van der Waals surface area contributed by atoms with Gasteiger partial charge in [-0.3, -0.25) is 0 Å². The molecule has 0 aliphatic rings. The van der Waals surface area contributed by atoms with Gasteiger partial charge in [0.15, 0.2) is 0 Å². The number of aryl methyl sites for hydroxylation is 1. The minimum atomic E-state index is 0.505. The van der Waals surface area contributed by atoms with E-state index in [1.165, 1.54) is 5.56 Å². The molecule has 3 heteroatoms. The lowest BCUT2D eigenvalue weighted by atomic mass is 10.1. The summed E-state index contributed by atoms with van der Waals surface area (Å²) in [4.78, 5) is 2.24. The van der Waals surface area contributed by atoms with Crippen LogP contribution in [0.25, 0.3) is 0 Å². The molecule has 0 aromatic heterocycles. The third-order valence-corrected chi connectivity index (χ3v) is 3.45. The monoisotopic (exact) mass is 224 g/mol. The van der Waals surface area contributed by atoms with Gasteiger partial charge in [-0.25, -0.2) is 0 Å². The van der Waals surface area contributed by atoms with Crippen molar-refractivity contribution in [3.8, 4) is 0 Å². The van der Waals surface area contributed by atoms with Crippen LogP contribution in [0.15, 0.2) is 18.2 Å². The van der Waals surface area contributed by atoms with E-state index < -0.39 is 0 Å². The van der Waals surface area contributed by atoms with Crippen LogP contribution in [-0.2, 0) is 0 Å². The van der Waals surface area contributed by atoms with Crippen LogP contribution in [0.2, 0.25) is 0 Å². The fraction of sp³-hybridized carbons (Fsp3) is 0.500. The van der Waals surface area contributed by atoms with Crippen molar-refractivity contribution in [2.24, 2.45) is 0 Å². The lowest BCUT2D eigenvalue weighted by molar-refractivity contribution is 0.766. The largest absolute Gasteiger partial charge is 0.397 e. The van der Waals surface area contributed by atoms with Crippen LogP contribution in [0.4, 0.5) is 11.4 Å². The predicted octanol–water partition coefficient (Wildman–Crippen LogP) is 2.76. The molecule has 0 saturated heterocycles. The number of hydrogen-bond acceptors (Lipinski definition) is 3. The topological polar surface area (TPSA) is 29.3 Å². The molecular formula is C12H20N2S. The summed E-state index contributed by atoms with van der Waals surface area (Å²) >= 11 is 1.86. The first-order valence-electron chi connectivity index (χ1n) is 5.14. The number of rotatable bonds is 4. The molecule has 2 nitrogen and oxygen atoms in total. The Bertz CT molecular complexity index is 325. The van der Waals surface area contributed by atoms with Gasteiger partial charge in [-0.1, -0.05) is 6.07 Å². The molecule has 0 spiro atoms. The third-order valence-electron chi connectivity index (χ3n) is 2.63. The van der Waals surface area contributed by atoms with E-state index in [-0.39, 0.29) is 0 Å². The Morgan fingerprint density at radius 1 is 1.47 bits per heavy atom. The number of nitrogen functional groups attached to an aromatic ring is 1. The maximum Gasteiger partial charge on any atom is 0.0600 e. The summed E-state index contributed by atoms with van der Waals surface area (Å²) in [7, 11) is 2.10. The van der Waals surface area contributed by atoms with Gasteiger partial charge in [0.25, 0.3) is 0 Å². The van der Waals surface area contributed by atoms with Crippen LogP contribution in [0, 0.1) is 6.92 Å². The molecule has 0 radical (unpaired) electrons. The second-order valence-corrected chi connectivity index (χ2v) is 4.89. The molecule has 1 aromatic rings. The molecule has 2 N–H and O–H groups in total. The summed E-state index contributed by atoms with van der Waals surface area (Å²) in [5.74, 6) is 1.11. The fourth-order valence-corrected chi connectivity index (χ4v) is 2.29. The van der Waals surface area contributed by atoms with Gasteiger partial charge in [0.05, 0.1) is 11.4 Å². The summed E-state index contributed by atoms with van der Waals surface area (Å²) in [5, 5.41) is 0. The van der Waals surface area contributed by atoms with Gasteiger partial charge < -0.3 is 10.6 Å². The highest BCUT2D eigenvalue weighted by atomic mass is 32.2. The molecule has 0 saturated carbocycles. The number of hydrogen-bond donors (Lipinski definition) is 1. The Hall–Kier alpha value is -0.830. The highest BCUT2D eigenvalue weighted by molar-refractivity contribution is 7.98. The van der Waals surface area contributed by atoms with Crippen LogP contribution in [0.1, 0.15) is 12.5 Å². The Kier molecular flexibility index (Phi) is 4.33. The first-order valence-corrected chi connectivity index (χ1v) is 6.53. The van der Waals surface area contributed by atoms with E-state index in [9.17, 15) is 0 Å². The summed E-state index contributed by atoms with van der Waals surface area (Å²) in [5.41, 5.74) is 9.21. The molecule has 1 unspecified atom stereocenters. The van der Waals surface area contributed by atoms with Crippen molar-refractivity contribution >= 4 is 23.1 Å². The van der Waals surface area contributed by atoms with Gasteiger partial charge in [-0.05, 0) is 37.8 Å². The van der Waals surface area contributed by atoms with Crippen molar-refractivity contribution in [1.29, 1.82) is 0 Å². The van der Waals surface area contributed by atoms with Crippen LogP contribution in [0.5, 0.6) is 0 Å². The Morgan fingerprint density at radius 2 is 2.13 bits per heavy atom. The van der Waals surface area contributed by atoms with Crippen molar-refractivity contribution in [3.63, 3.8) is 0 Å². The maximum absolute atomic E-state index is 6.01. The first kappa shape index (κ1) is 12.2. The molecular weight excluding hydrogens is 204 g/mol. The van der Waals surface area contributed by atoms with Crippen LogP contribution >= 0.6 is 11.8 Å². The van der Waals surface area contributed by atoms with Gasteiger partial charge in [0.1, 0.15) is 0 Å². The van der Waals surface area contributed by atoms with Crippen molar-refractivity contribution in [3.05, 3.63) is 23.8 Å². The second kappa shape index (κ2) is 5.31. The maximum atomic E-state index is 6.01. The number of benzene rings is 1. The van der Waals surface area contributed by atoms with E-state index in [4.69, 9.17) is 5.73 Å². The number of nitrogens with two attached hydrogens (primary N) is 1. The minimum Gasteiger partial charge on any atom is -0.397 e. The Balaban J connectivity index is 2.86. The standard InChI is InChI=1S/C12H20N2S/c1-9-5-6-12(11(13)7-9)14(3)10(2)8-15-4/h5-7,10H,8,13H2,1-4H3. The minimum absolute atomic E-state index is 0.505. The van der Waals surface area contributed by atoms with Crippen molar-refractivity contribution in [2.45, 2.75) is 19.9 Å². The molecule has 84 valence electrons.